The van der Waals surface area contributed by atoms with Crippen LogP contribution in [0.25, 0.3) is 0 Å². The van der Waals surface area contributed by atoms with Crippen molar-refractivity contribution in [3.05, 3.63) is 41.3 Å². The topological polar surface area (TPSA) is 59.9 Å². The lowest BCUT2D eigenvalue weighted by molar-refractivity contribution is 0.412. The third-order valence-electron chi connectivity index (χ3n) is 2.49. The van der Waals surface area contributed by atoms with E-state index in [9.17, 15) is 4.39 Å². The first-order valence-corrected chi connectivity index (χ1v) is 5.92. The average molecular weight is 283 g/mol. The number of anilines is 1. The van der Waals surface area contributed by atoms with Crippen LogP contribution in [-0.2, 0) is 0 Å². The Kier molecular flexibility index (Phi) is 4.11. The number of nitrogens with zero attached hydrogens (tertiary/aromatic N) is 3. The fraction of sp³-hybridized carbons (Fsp3) is 0.250. The number of hydrogen-bond acceptors (Lipinski definition) is 5. The van der Waals surface area contributed by atoms with Crippen LogP contribution in [0.2, 0.25) is 5.28 Å². The Hall–Kier alpha value is -1.95. The third-order valence-corrected chi connectivity index (χ3v) is 2.67. The molecule has 2 aromatic rings. The van der Waals surface area contributed by atoms with Crippen LogP contribution in [0.3, 0.4) is 0 Å². The smallest absolute Gasteiger partial charge is 0.224 e. The van der Waals surface area contributed by atoms with Crippen molar-refractivity contribution in [3.8, 4) is 5.75 Å². The maximum atomic E-state index is 12.8. The Morgan fingerprint density at radius 1 is 1.32 bits per heavy atom. The van der Waals surface area contributed by atoms with E-state index in [0.29, 0.717) is 17.3 Å². The molecular weight excluding hydrogens is 271 g/mol. The Morgan fingerprint density at radius 2 is 2.11 bits per heavy atom. The fourth-order valence-corrected chi connectivity index (χ4v) is 1.66. The molecule has 0 aliphatic heterocycles. The summed E-state index contributed by atoms with van der Waals surface area (Å²) in [6.45, 7) is 1.87. The van der Waals surface area contributed by atoms with Crippen LogP contribution in [-0.4, -0.2) is 22.1 Å². The monoisotopic (exact) mass is 282 g/mol. The molecule has 1 atom stereocenters. The predicted molar refractivity (Wildman–Crippen MR) is 69.8 cm³/mol. The summed E-state index contributed by atoms with van der Waals surface area (Å²) in [7, 11) is 1.51. The van der Waals surface area contributed by atoms with Crippen molar-refractivity contribution >= 4 is 17.4 Å². The van der Waals surface area contributed by atoms with Crippen LogP contribution in [0.5, 0.6) is 5.75 Å². The lowest BCUT2D eigenvalue weighted by Gasteiger charge is -2.15. The van der Waals surface area contributed by atoms with E-state index in [1.165, 1.54) is 19.4 Å². The molecule has 2 rings (SSSR count). The summed E-state index contributed by atoms with van der Waals surface area (Å²) in [5.74, 6) is 0.554. The van der Waals surface area contributed by atoms with E-state index in [1.807, 2.05) is 6.92 Å². The van der Waals surface area contributed by atoms with E-state index in [2.05, 4.69) is 20.3 Å². The number of halogens is 2. The van der Waals surface area contributed by atoms with E-state index in [1.54, 1.807) is 6.07 Å². The van der Waals surface area contributed by atoms with Gasteiger partial charge in [0.25, 0.3) is 0 Å². The van der Waals surface area contributed by atoms with Gasteiger partial charge in [-0.15, -0.1) is 0 Å². The summed E-state index contributed by atoms with van der Waals surface area (Å²) in [6.07, 6.45) is 2.64. The van der Waals surface area contributed by atoms with Crippen LogP contribution < -0.4 is 10.1 Å². The highest BCUT2D eigenvalue weighted by atomic mass is 35.5. The summed E-state index contributed by atoms with van der Waals surface area (Å²) in [5, 5.41) is 3.21. The molecule has 0 spiro atoms. The van der Waals surface area contributed by atoms with Gasteiger partial charge in [0.1, 0.15) is 5.82 Å². The molecule has 2 aromatic heterocycles. The van der Waals surface area contributed by atoms with E-state index in [0.717, 1.165) is 6.20 Å². The van der Waals surface area contributed by atoms with Crippen LogP contribution in [0.15, 0.2) is 24.5 Å². The first-order valence-electron chi connectivity index (χ1n) is 5.54. The van der Waals surface area contributed by atoms with Gasteiger partial charge in [-0.3, -0.25) is 4.98 Å². The molecule has 19 heavy (non-hydrogen) atoms. The summed E-state index contributed by atoms with van der Waals surface area (Å²) in [4.78, 5) is 11.9. The van der Waals surface area contributed by atoms with Gasteiger partial charge >= 0.3 is 0 Å². The number of pyridine rings is 1. The largest absolute Gasteiger partial charge is 0.491 e. The summed E-state index contributed by atoms with van der Waals surface area (Å²) in [5.41, 5.74) is 0.679. The number of rotatable bonds is 4. The second-order valence-electron chi connectivity index (χ2n) is 3.82. The van der Waals surface area contributed by atoms with Crippen molar-refractivity contribution < 1.29 is 9.13 Å². The number of nitrogens with one attached hydrogen (secondary N) is 1. The van der Waals surface area contributed by atoms with E-state index in [-0.39, 0.29) is 17.1 Å². The first kappa shape index (κ1) is 13.5. The van der Waals surface area contributed by atoms with Crippen molar-refractivity contribution in [2.45, 2.75) is 13.0 Å². The number of hydrogen-bond donors (Lipinski definition) is 1. The molecule has 0 fully saturated rings. The highest BCUT2D eigenvalue weighted by Crippen LogP contribution is 2.25. The maximum Gasteiger partial charge on any atom is 0.224 e. The molecule has 0 radical (unpaired) electrons. The van der Waals surface area contributed by atoms with Crippen LogP contribution >= 0.6 is 11.6 Å². The molecule has 100 valence electrons. The van der Waals surface area contributed by atoms with Crippen molar-refractivity contribution in [2.75, 3.05) is 12.4 Å². The van der Waals surface area contributed by atoms with Gasteiger partial charge in [-0.1, -0.05) is 0 Å². The minimum absolute atomic E-state index is 0.113. The molecule has 0 aliphatic carbocycles. The molecule has 7 heteroatoms. The molecule has 2 heterocycles. The molecule has 1 N–H and O–H groups in total. The molecule has 0 saturated carbocycles. The van der Waals surface area contributed by atoms with Gasteiger partial charge in [-0.2, -0.15) is 4.98 Å². The molecule has 0 bridgehead atoms. The van der Waals surface area contributed by atoms with Gasteiger partial charge in [0.05, 0.1) is 31.2 Å². The zero-order valence-electron chi connectivity index (χ0n) is 10.4. The molecule has 0 amide bonds. The predicted octanol–water partition coefficient (Wildman–Crippen LogP) is 2.85. The van der Waals surface area contributed by atoms with Crippen molar-refractivity contribution in [1.82, 2.24) is 15.0 Å². The highest BCUT2D eigenvalue weighted by molar-refractivity contribution is 6.28. The molecule has 0 aromatic carbocycles. The maximum absolute atomic E-state index is 12.8. The van der Waals surface area contributed by atoms with Gasteiger partial charge in [0.2, 0.25) is 5.28 Å². The number of ether oxygens (including phenoxy) is 1. The summed E-state index contributed by atoms with van der Waals surface area (Å²) < 4.78 is 17.9. The normalized spacial score (nSPS) is 12.0. The van der Waals surface area contributed by atoms with Crippen LogP contribution in [0.1, 0.15) is 18.7 Å². The number of aromatic nitrogens is 3. The van der Waals surface area contributed by atoms with Crippen LogP contribution in [0.4, 0.5) is 10.2 Å². The molecule has 0 unspecified atom stereocenters. The first-order chi connectivity index (χ1) is 9.10. The summed E-state index contributed by atoms with van der Waals surface area (Å²) >= 11 is 5.74. The van der Waals surface area contributed by atoms with Crippen molar-refractivity contribution in [3.63, 3.8) is 0 Å². The van der Waals surface area contributed by atoms with Crippen molar-refractivity contribution in [2.24, 2.45) is 0 Å². The Bertz CT molecular complexity index is 564. The van der Waals surface area contributed by atoms with Gasteiger partial charge < -0.3 is 10.1 Å². The van der Waals surface area contributed by atoms with Crippen LogP contribution in [0, 0.1) is 5.82 Å². The SMILES string of the molecule is COc1cnc(Cl)nc1N[C@@H](C)c1ccc(F)cn1. The minimum atomic E-state index is -0.376. The summed E-state index contributed by atoms with van der Waals surface area (Å²) in [6, 6.07) is 2.77. The van der Waals surface area contributed by atoms with E-state index in [4.69, 9.17) is 16.3 Å². The zero-order valence-corrected chi connectivity index (χ0v) is 11.1. The average Bonchev–Trinajstić information content (AvgIpc) is 2.39. The Labute approximate surface area is 114 Å². The Morgan fingerprint density at radius 3 is 2.74 bits per heavy atom. The number of methoxy groups -OCH3 is 1. The standard InChI is InChI=1S/C12H12ClFN4O/c1-7(9-4-3-8(14)5-15-9)17-11-10(19-2)6-16-12(13)18-11/h3-7H,1-2H3,(H,16,17,18)/t7-/m0/s1. The van der Waals surface area contributed by atoms with Gasteiger partial charge in [-0.05, 0) is 30.7 Å². The van der Waals surface area contributed by atoms with E-state index >= 15 is 0 Å². The second kappa shape index (κ2) is 5.79. The van der Waals surface area contributed by atoms with Crippen molar-refractivity contribution in [1.29, 1.82) is 0 Å². The lowest BCUT2D eigenvalue weighted by atomic mass is 10.2. The van der Waals surface area contributed by atoms with E-state index < -0.39 is 0 Å². The lowest BCUT2D eigenvalue weighted by Crippen LogP contribution is -2.11. The molecule has 0 saturated heterocycles. The molecule has 0 aliphatic rings. The van der Waals surface area contributed by atoms with Gasteiger partial charge in [-0.25, -0.2) is 9.37 Å². The fourth-order valence-electron chi connectivity index (χ4n) is 1.52. The van der Waals surface area contributed by atoms with Gasteiger partial charge in [0.15, 0.2) is 11.6 Å². The zero-order chi connectivity index (χ0) is 13.8. The minimum Gasteiger partial charge on any atom is -0.491 e. The quantitative estimate of drug-likeness (QED) is 0.874. The second-order valence-corrected chi connectivity index (χ2v) is 4.16. The highest BCUT2D eigenvalue weighted by Gasteiger charge is 2.12. The molecule has 5 nitrogen and oxygen atoms in total. The third kappa shape index (κ3) is 3.29. The Balaban J connectivity index is 2.20. The van der Waals surface area contributed by atoms with Gasteiger partial charge in [0, 0.05) is 0 Å². The molecular formula is C12H12ClFN4O.